The summed E-state index contributed by atoms with van der Waals surface area (Å²) in [5.74, 6) is 0. The van der Waals surface area contributed by atoms with Crippen molar-refractivity contribution in [2.75, 3.05) is 31.1 Å². The van der Waals surface area contributed by atoms with Crippen LogP contribution in [0.2, 0.25) is 0 Å². The van der Waals surface area contributed by atoms with Crippen LogP contribution in [-0.2, 0) is 13.1 Å². The zero-order chi connectivity index (χ0) is 22.0. The van der Waals surface area contributed by atoms with Crippen LogP contribution in [0.1, 0.15) is 43.4 Å². The van der Waals surface area contributed by atoms with Gasteiger partial charge < -0.3 is 9.30 Å². The number of nitrogens with zero attached hydrogens (tertiary/aromatic N) is 8. The largest absolute Gasteiger partial charge is 0.370 e. The normalized spacial score (nSPS) is 17.3. The third kappa shape index (κ3) is 4.48. The lowest BCUT2D eigenvalue weighted by atomic mass is 10.1. The van der Waals surface area contributed by atoms with Gasteiger partial charge in [0.15, 0.2) is 0 Å². The number of likely N-dealkylation sites (tertiary alicyclic amines) is 1. The fourth-order valence-electron chi connectivity index (χ4n) is 5.03. The summed E-state index contributed by atoms with van der Waals surface area (Å²) in [6, 6.07) is 6.49. The Bertz CT molecular complexity index is 1230. The number of rotatable bonds is 6. The molecule has 0 bridgehead atoms. The molecule has 2 aliphatic heterocycles. The third-order valence-corrected chi connectivity index (χ3v) is 6.77. The molecule has 2 fully saturated rings. The molecule has 0 aliphatic carbocycles. The van der Waals surface area contributed by atoms with Gasteiger partial charge in [0.05, 0.1) is 30.3 Å². The maximum atomic E-state index is 4.79. The molecule has 8 nitrogen and oxygen atoms in total. The molecule has 0 spiro atoms. The van der Waals surface area contributed by atoms with Crippen LogP contribution >= 0.6 is 0 Å². The minimum atomic E-state index is 0.593. The zero-order valence-electron chi connectivity index (χ0n) is 19.0. The molecule has 2 saturated heterocycles. The molecule has 6 heterocycles. The van der Waals surface area contributed by atoms with Gasteiger partial charge in [0, 0.05) is 43.8 Å². The van der Waals surface area contributed by atoms with E-state index in [9.17, 15) is 0 Å². The van der Waals surface area contributed by atoms with Crippen molar-refractivity contribution < 1.29 is 0 Å². The van der Waals surface area contributed by atoms with E-state index in [0.29, 0.717) is 6.54 Å². The summed E-state index contributed by atoms with van der Waals surface area (Å²) >= 11 is 0. The Morgan fingerprint density at radius 1 is 0.818 bits per heavy atom. The van der Waals surface area contributed by atoms with Crippen LogP contribution in [0.4, 0.5) is 5.69 Å². The van der Waals surface area contributed by atoms with E-state index in [1.807, 2.05) is 23.3 Å². The standard InChI is InChI=1S/C25H30N8/c1-2-8-30(9-3-1)15-20-6-7-25-27-22(17-32(25)16-20)18-33-19-24(28-29-33)21-12-23(14-26-13-21)31-10-4-5-11-31/h6-7,12-14,16-17,19H,1-5,8-11,15,18H2. The second-order valence-corrected chi connectivity index (χ2v) is 9.30. The van der Waals surface area contributed by atoms with Gasteiger partial charge in [-0.05, 0) is 56.5 Å². The molecule has 0 radical (unpaired) electrons. The summed E-state index contributed by atoms with van der Waals surface area (Å²) in [7, 11) is 0. The molecular formula is C25H30N8. The molecule has 4 aromatic rings. The Kier molecular flexibility index (Phi) is 5.51. The van der Waals surface area contributed by atoms with Gasteiger partial charge in [-0.1, -0.05) is 17.7 Å². The Hall–Kier alpha value is -3.26. The molecule has 0 atom stereocenters. The van der Waals surface area contributed by atoms with E-state index in [2.05, 4.69) is 60.1 Å². The average Bonchev–Trinajstić information content (AvgIpc) is 3.61. The highest BCUT2D eigenvalue weighted by Gasteiger charge is 2.15. The van der Waals surface area contributed by atoms with Crippen LogP contribution in [0, 0.1) is 0 Å². The first kappa shape index (κ1) is 20.4. The molecule has 4 aromatic heterocycles. The van der Waals surface area contributed by atoms with Crippen molar-refractivity contribution >= 4 is 11.3 Å². The average molecular weight is 443 g/mol. The number of pyridine rings is 2. The number of fused-ring (bicyclic) bond motifs is 1. The van der Waals surface area contributed by atoms with Crippen molar-refractivity contribution in [1.29, 1.82) is 0 Å². The Morgan fingerprint density at radius 2 is 1.67 bits per heavy atom. The highest BCUT2D eigenvalue weighted by Crippen LogP contribution is 2.24. The molecule has 33 heavy (non-hydrogen) atoms. The molecule has 0 amide bonds. The molecule has 8 heteroatoms. The minimum absolute atomic E-state index is 0.593. The topological polar surface area (TPSA) is 67.4 Å². The van der Waals surface area contributed by atoms with Gasteiger partial charge in [0.1, 0.15) is 11.3 Å². The molecule has 0 saturated carbocycles. The van der Waals surface area contributed by atoms with Crippen molar-refractivity contribution in [3.05, 3.63) is 60.4 Å². The van der Waals surface area contributed by atoms with Crippen molar-refractivity contribution in [2.45, 2.75) is 45.2 Å². The summed E-state index contributed by atoms with van der Waals surface area (Å²) in [6.45, 7) is 6.23. The number of hydrogen-bond donors (Lipinski definition) is 0. The number of anilines is 1. The summed E-state index contributed by atoms with van der Waals surface area (Å²) in [5.41, 5.74) is 6.29. The first-order chi connectivity index (χ1) is 16.3. The van der Waals surface area contributed by atoms with E-state index in [1.165, 1.54) is 56.4 Å². The maximum absolute atomic E-state index is 4.79. The van der Waals surface area contributed by atoms with Gasteiger partial charge in [-0.2, -0.15) is 0 Å². The highest BCUT2D eigenvalue weighted by atomic mass is 15.4. The van der Waals surface area contributed by atoms with Crippen molar-refractivity contribution in [1.82, 2.24) is 34.3 Å². The Balaban J connectivity index is 1.16. The molecule has 0 unspecified atom stereocenters. The Labute approximate surface area is 193 Å². The predicted molar refractivity (Wildman–Crippen MR) is 128 cm³/mol. The number of hydrogen-bond acceptors (Lipinski definition) is 6. The minimum Gasteiger partial charge on any atom is -0.370 e. The lowest BCUT2D eigenvalue weighted by Gasteiger charge is -2.26. The fourth-order valence-corrected chi connectivity index (χ4v) is 5.03. The van der Waals surface area contributed by atoms with E-state index in [4.69, 9.17) is 4.98 Å². The quantitative estimate of drug-likeness (QED) is 0.454. The van der Waals surface area contributed by atoms with E-state index >= 15 is 0 Å². The van der Waals surface area contributed by atoms with Crippen LogP contribution in [-0.4, -0.2) is 60.4 Å². The van der Waals surface area contributed by atoms with Crippen molar-refractivity contribution in [3.63, 3.8) is 0 Å². The molecule has 0 N–H and O–H groups in total. The second kappa shape index (κ2) is 8.94. The summed E-state index contributed by atoms with van der Waals surface area (Å²) < 4.78 is 3.99. The highest BCUT2D eigenvalue weighted by molar-refractivity contribution is 5.63. The van der Waals surface area contributed by atoms with Crippen LogP contribution in [0.3, 0.4) is 0 Å². The third-order valence-electron chi connectivity index (χ3n) is 6.77. The summed E-state index contributed by atoms with van der Waals surface area (Å²) in [6.07, 6.45) is 16.6. The van der Waals surface area contributed by atoms with Crippen LogP contribution < -0.4 is 4.90 Å². The first-order valence-electron chi connectivity index (χ1n) is 12.1. The number of aromatic nitrogens is 6. The van der Waals surface area contributed by atoms with Crippen molar-refractivity contribution in [3.8, 4) is 11.3 Å². The van der Waals surface area contributed by atoms with Gasteiger partial charge in [0.25, 0.3) is 0 Å². The molecule has 0 aromatic carbocycles. The smallest absolute Gasteiger partial charge is 0.137 e. The second-order valence-electron chi connectivity index (χ2n) is 9.30. The van der Waals surface area contributed by atoms with E-state index in [1.54, 1.807) is 0 Å². The van der Waals surface area contributed by atoms with Crippen LogP contribution in [0.25, 0.3) is 16.9 Å². The molecule has 2 aliphatic rings. The van der Waals surface area contributed by atoms with Gasteiger partial charge >= 0.3 is 0 Å². The molecule has 170 valence electrons. The van der Waals surface area contributed by atoms with Crippen LogP contribution in [0.5, 0.6) is 0 Å². The fraction of sp³-hybridized carbons (Fsp3) is 0.440. The first-order valence-corrected chi connectivity index (χ1v) is 12.1. The lowest BCUT2D eigenvalue weighted by Crippen LogP contribution is -2.29. The predicted octanol–water partition coefficient (Wildman–Crippen LogP) is 3.62. The lowest BCUT2D eigenvalue weighted by molar-refractivity contribution is 0.220. The van der Waals surface area contributed by atoms with Gasteiger partial charge in [-0.15, -0.1) is 5.10 Å². The van der Waals surface area contributed by atoms with Crippen LogP contribution in [0.15, 0.2) is 49.2 Å². The van der Waals surface area contributed by atoms with E-state index < -0.39 is 0 Å². The van der Waals surface area contributed by atoms with E-state index in [-0.39, 0.29) is 0 Å². The zero-order valence-corrected chi connectivity index (χ0v) is 19.0. The maximum Gasteiger partial charge on any atom is 0.137 e. The summed E-state index contributed by atoms with van der Waals surface area (Å²) in [4.78, 5) is 14.2. The monoisotopic (exact) mass is 442 g/mol. The van der Waals surface area contributed by atoms with Gasteiger partial charge in [0.2, 0.25) is 0 Å². The summed E-state index contributed by atoms with van der Waals surface area (Å²) in [5, 5.41) is 8.75. The van der Waals surface area contributed by atoms with E-state index in [0.717, 1.165) is 42.2 Å². The Morgan fingerprint density at radius 3 is 2.55 bits per heavy atom. The van der Waals surface area contributed by atoms with Crippen molar-refractivity contribution in [2.24, 2.45) is 0 Å². The molecule has 6 rings (SSSR count). The number of piperidine rings is 1. The molecular weight excluding hydrogens is 412 g/mol. The van der Waals surface area contributed by atoms with Gasteiger partial charge in [-0.3, -0.25) is 9.88 Å². The van der Waals surface area contributed by atoms with Gasteiger partial charge in [-0.25, -0.2) is 9.67 Å². The number of imidazole rings is 1. The SMILES string of the molecule is c1cc2nc(Cn3cc(-c4cncc(N5CCCC5)c4)nn3)cn2cc1CN1CCCCC1.